The second-order valence-corrected chi connectivity index (χ2v) is 7.91. The normalized spacial score (nSPS) is 11.3. The fourth-order valence-electron chi connectivity index (χ4n) is 3.37. The number of thiazole rings is 1. The molecule has 0 radical (unpaired) electrons. The van der Waals surface area contributed by atoms with Gasteiger partial charge in [0.25, 0.3) is 0 Å². The summed E-state index contributed by atoms with van der Waals surface area (Å²) in [5.74, 6) is 0.348. The van der Waals surface area contributed by atoms with Gasteiger partial charge in [-0.25, -0.2) is 19.3 Å². The van der Waals surface area contributed by atoms with Gasteiger partial charge in [0.1, 0.15) is 10.8 Å². The number of nitrogens with two attached hydrogens (primary N) is 1. The van der Waals surface area contributed by atoms with Crippen molar-refractivity contribution in [2.75, 3.05) is 5.73 Å². The van der Waals surface area contributed by atoms with E-state index in [0.29, 0.717) is 40.3 Å². The van der Waals surface area contributed by atoms with Gasteiger partial charge in [0.05, 0.1) is 17.7 Å². The molecule has 0 bridgehead atoms. The second kappa shape index (κ2) is 7.40. The van der Waals surface area contributed by atoms with Crippen LogP contribution in [0.5, 0.6) is 0 Å². The molecule has 0 saturated carbocycles. The molecule has 0 amide bonds. The third-order valence-electron chi connectivity index (χ3n) is 4.84. The van der Waals surface area contributed by atoms with E-state index in [1.54, 1.807) is 37.6 Å². The molecular weight excluding hydrogens is 417 g/mol. The maximum Gasteiger partial charge on any atom is 0.250 e. The van der Waals surface area contributed by atoms with Crippen molar-refractivity contribution in [3.05, 3.63) is 81.2 Å². The number of nitrogens with zero attached hydrogens (tertiary/aromatic N) is 6. The summed E-state index contributed by atoms with van der Waals surface area (Å²) < 4.78 is 16.5. The second-order valence-electron chi connectivity index (χ2n) is 6.93. The Hall–Kier alpha value is -3.92. The predicted octanol–water partition coefficient (Wildman–Crippen LogP) is 2.93. The van der Waals surface area contributed by atoms with Gasteiger partial charge in [-0.05, 0) is 30.3 Å². The average molecular weight is 433 g/mol. The molecule has 5 aromatic rings. The predicted molar refractivity (Wildman–Crippen MR) is 116 cm³/mol. The standard InChI is InChI=1S/C21H16FN7OS/c1-28-11-13(4-7-17(28)30)18-19(12-2-5-14(22)6-3-12)26-21(23)29-20(18)25-15(27-29)10-16-24-8-9-31-16/h2-9,11H,10H2,1H3,(H2,23,26). The largest absolute Gasteiger partial charge is 0.368 e. The van der Waals surface area contributed by atoms with E-state index < -0.39 is 0 Å². The molecule has 2 N–H and O–H groups in total. The molecule has 1 aromatic carbocycles. The van der Waals surface area contributed by atoms with Crippen molar-refractivity contribution < 1.29 is 4.39 Å². The number of aryl methyl sites for hydroxylation is 1. The minimum absolute atomic E-state index is 0.141. The zero-order valence-electron chi connectivity index (χ0n) is 16.4. The first kappa shape index (κ1) is 19.1. The summed E-state index contributed by atoms with van der Waals surface area (Å²) in [7, 11) is 1.67. The first-order valence-corrected chi connectivity index (χ1v) is 10.2. The molecule has 10 heteroatoms. The molecule has 0 aliphatic rings. The lowest BCUT2D eigenvalue weighted by Crippen LogP contribution is -2.14. The minimum atomic E-state index is -0.352. The SMILES string of the molecule is Cn1cc(-c2c(-c3ccc(F)cc3)nc(N)n3nc(Cc4nccs4)nc23)ccc1=O. The molecular formula is C21H16FN7OS. The number of rotatable bonds is 4. The Labute approximate surface area is 179 Å². The van der Waals surface area contributed by atoms with Crippen LogP contribution in [-0.4, -0.2) is 29.1 Å². The van der Waals surface area contributed by atoms with Crippen molar-refractivity contribution >= 4 is 22.9 Å². The molecule has 0 spiro atoms. The van der Waals surface area contributed by atoms with E-state index in [2.05, 4.69) is 15.1 Å². The van der Waals surface area contributed by atoms with Crippen LogP contribution in [0.25, 0.3) is 28.0 Å². The molecule has 0 fully saturated rings. The maximum absolute atomic E-state index is 13.5. The molecule has 8 nitrogen and oxygen atoms in total. The van der Waals surface area contributed by atoms with Crippen molar-refractivity contribution in [3.63, 3.8) is 0 Å². The van der Waals surface area contributed by atoms with Crippen molar-refractivity contribution in [1.29, 1.82) is 0 Å². The van der Waals surface area contributed by atoms with E-state index >= 15 is 0 Å². The highest BCUT2D eigenvalue weighted by Crippen LogP contribution is 2.34. The summed E-state index contributed by atoms with van der Waals surface area (Å²) >= 11 is 1.52. The molecule has 0 aliphatic heterocycles. The van der Waals surface area contributed by atoms with Crippen LogP contribution < -0.4 is 11.3 Å². The van der Waals surface area contributed by atoms with Crippen LogP contribution in [0.2, 0.25) is 0 Å². The van der Waals surface area contributed by atoms with Gasteiger partial charge in [-0.2, -0.15) is 4.52 Å². The Bertz CT molecular complexity index is 1460. The summed E-state index contributed by atoms with van der Waals surface area (Å²) in [4.78, 5) is 25.5. The van der Waals surface area contributed by atoms with Gasteiger partial charge in [0, 0.05) is 42.0 Å². The summed E-state index contributed by atoms with van der Waals surface area (Å²) in [6, 6.07) is 9.17. The van der Waals surface area contributed by atoms with E-state index in [-0.39, 0.29) is 17.3 Å². The molecule has 5 rings (SSSR count). The molecule has 0 unspecified atom stereocenters. The van der Waals surface area contributed by atoms with Gasteiger partial charge >= 0.3 is 0 Å². The van der Waals surface area contributed by atoms with Gasteiger partial charge < -0.3 is 10.3 Å². The molecule has 0 saturated heterocycles. The third-order valence-corrected chi connectivity index (χ3v) is 5.62. The molecule has 154 valence electrons. The van der Waals surface area contributed by atoms with Gasteiger partial charge in [0.2, 0.25) is 11.5 Å². The Morgan fingerprint density at radius 3 is 2.58 bits per heavy atom. The van der Waals surface area contributed by atoms with Crippen LogP contribution in [0.3, 0.4) is 0 Å². The fraction of sp³-hybridized carbons (Fsp3) is 0.0952. The fourth-order valence-corrected chi connectivity index (χ4v) is 3.99. The highest BCUT2D eigenvalue weighted by Gasteiger charge is 2.21. The quantitative estimate of drug-likeness (QED) is 0.467. The number of anilines is 1. The zero-order valence-corrected chi connectivity index (χ0v) is 17.2. The van der Waals surface area contributed by atoms with Crippen LogP contribution >= 0.6 is 11.3 Å². The smallest absolute Gasteiger partial charge is 0.250 e. The van der Waals surface area contributed by atoms with Crippen LogP contribution in [0.15, 0.2) is 59.0 Å². The summed E-state index contributed by atoms with van der Waals surface area (Å²) in [5.41, 5.74) is 9.13. The number of fused-ring (bicyclic) bond motifs is 1. The Balaban J connectivity index is 1.79. The lowest BCUT2D eigenvalue weighted by molar-refractivity contribution is 0.628. The topological polar surface area (TPSA) is 104 Å². The summed E-state index contributed by atoms with van der Waals surface area (Å²) in [6.07, 6.45) is 3.89. The number of hydrogen-bond acceptors (Lipinski definition) is 7. The first-order chi connectivity index (χ1) is 15.0. The lowest BCUT2D eigenvalue weighted by atomic mass is 10.0. The maximum atomic E-state index is 13.5. The molecule has 0 aliphatic carbocycles. The van der Waals surface area contributed by atoms with Gasteiger partial charge in [0.15, 0.2) is 11.5 Å². The number of nitrogen functional groups attached to an aromatic ring is 1. The Morgan fingerprint density at radius 2 is 1.87 bits per heavy atom. The average Bonchev–Trinajstić information content (AvgIpc) is 3.41. The van der Waals surface area contributed by atoms with Gasteiger partial charge in [-0.1, -0.05) is 0 Å². The van der Waals surface area contributed by atoms with E-state index in [1.165, 1.54) is 38.6 Å². The van der Waals surface area contributed by atoms with Crippen molar-refractivity contribution in [3.8, 4) is 22.4 Å². The van der Waals surface area contributed by atoms with E-state index in [9.17, 15) is 9.18 Å². The lowest BCUT2D eigenvalue weighted by Gasteiger charge is -2.12. The molecule has 31 heavy (non-hydrogen) atoms. The minimum Gasteiger partial charge on any atom is -0.368 e. The molecule has 4 aromatic heterocycles. The summed E-state index contributed by atoms with van der Waals surface area (Å²) in [6.45, 7) is 0. The third kappa shape index (κ3) is 3.46. The zero-order chi connectivity index (χ0) is 21.5. The van der Waals surface area contributed by atoms with Gasteiger partial charge in [-0.3, -0.25) is 4.79 Å². The number of aromatic nitrogens is 6. The number of halogens is 1. The number of pyridine rings is 1. The van der Waals surface area contributed by atoms with E-state index in [1.807, 2.05) is 5.38 Å². The summed E-state index contributed by atoms with van der Waals surface area (Å²) in [5, 5.41) is 7.29. The van der Waals surface area contributed by atoms with Crippen molar-refractivity contribution in [2.24, 2.45) is 7.05 Å². The molecule has 4 heterocycles. The van der Waals surface area contributed by atoms with Crippen LogP contribution in [0.4, 0.5) is 10.3 Å². The van der Waals surface area contributed by atoms with Crippen LogP contribution in [0, 0.1) is 5.82 Å². The highest BCUT2D eigenvalue weighted by molar-refractivity contribution is 7.09. The van der Waals surface area contributed by atoms with E-state index in [0.717, 1.165) is 5.01 Å². The number of benzene rings is 1. The van der Waals surface area contributed by atoms with Gasteiger partial charge in [-0.15, -0.1) is 16.4 Å². The van der Waals surface area contributed by atoms with Crippen molar-refractivity contribution in [2.45, 2.75) is 6.42 Å². The highest BCUT2D eigenvalue weighted by atomic mass is 32.1. The molecule has 0 atom stereocenters. The number of hydrogen-bond donors (Lipinski definition) is 1. The first-order valence-electron chi connectivity index (χ1n) is 9.36. The Kier molecular flexibility index (Phi) is 4.55. The Morgan fingerprint density at radius 1 is 1.10 bits per heavy atom. The van der Waals surface area contributed by atoms with Crippen LogP contribution in [0.1, 0.15) is 10.8 Å². The van der Waals surface area contributed by atoms with Crippen molar-refractivity contribution in [1.82, 2.24) is 29.1 Å². The van der Waals surface area contributed by atoms with E-state index in [4.69, 9.17) is 10.7 Å². The van der Waals surface area contributed by atoms with Crippen LogP contribution in [-0.2, 0) is 13.5 Å². The monoisotopic (exact) mass is 433 g/mol.